The van der Waals surface area contributed by atoms with Crippen LogP contribution in [-0.4, -0.2) is 30.7 Å². The number of benzene rings is 3. The molecule has 1 unspecified atom stereocenters. The molecule has 0 amide bonds. The number of likely N-dealkylation sites (N-methyl/N-ethyl adjacent to an activating group) is 1. The average Bonchev–Trinajstić information content (AvgIpc) is 3.08. The van der Waals surface area contributed by atoms with Crippen molar-refractivity contribution in [3.8, 4) is 0 Å². The molecule has 0 radical (unpaired) electrons. The number of hydrogen-bond acceptors (Lipinski definition) is 2. The Hall–Kier alpha value is -2.71. The summed E-state index contributed by atoms with van der Waals surface area (Å²) in [5.41, 5.74) is 5.94. The zero-order valence-electron chi connectivity index (χ0n) is 16.1. The maximum atomic E-state index is 5.01. The average molecular weight is 354 g/mol. The molecular formula is C25H26N2. The molecule has 136 valence electrons. The first-order chi connectivity index (χ1) is 13.1. The van der Waals surface area contributed by atoms with Crippen LogP contribution in [0.3, 0.4) is 0 Å². The Morgan fingerprint density at radius 1 is 0.815 bits per heavy atom. The van der Waals surface area contributed by atoms with Gasteiger partial charge in [0.05, 0.1) is 11.4 Å². The van der Waals surface area contributed by atoms with Crippen molar-refractivity contribution in [3.05, 3.63) is 102 Å². The number of likely N-dealkylation sites (tertiary alicyclic amines) is 1. The van der Waals surface area contributed by atoms with Crippen molar-refractivity contribution in [2.75, 3.05) is 20.1 Å². The summed E-state index contributed by atoms with van der Waals surface area (Å²) in [6.45, 7) is 4.66. The van der Waals surface area contributed by atoms with Crippen LogP contribution in [0.15, 0.2) is 89.9 Å². The van der Waals surface area contributed by atoms with E-state index in [9.17, 15) is 0 Å². The minimum absolute atomic E-state index is 0.249. The van der Waals surface area contributed by atoms with Crippen molar-refractivity contribution in [1.82, 2.24) is 4.90 Å². The smallest absolute Gasteiger partial charge is 0.0781 e. The van der Waals surface area contributed by atoms with Crippen LogP contribution in [0.5, 0.6) is 0 Å². The zero-order chi connectivity index (χ0) is 18.7. The van der Waals surface area contributed by atoms with Crippen molar-refractivity contribution in [2.24, 2.45) is 4.99 Å². The highest BCUT2D eigenvalue weighted by Crippen LogP contribution is 2.34. The molecule has 1 heterocycles. The molecule has 1 aliphatic heterocycles. The summed E-state index contributed by atoms with van der Waals surface area (Å²) in [7, 11) is 2.20. The van der Waals surface area contributed by atoms with Crippen molar-refractivity contribution >= 4 is 11.4 Å². The summed E-state index contributed by atoms with van der Waals surface area (Å²) >= 11 is 0. The van der Waals surface area contributed by atoms with Gasteiger partial charge in [-0.25, -0.2) is 4.99 Å². The third kappa shape index (κ3) is 3.86. The van der Waals surface area contributed by atoms with E-state index in [-0.39, 0.29) is 5.41 Å². The summed E-state index contributed by atoms with van der Waals surface area (Å²) in [5, 5.41) is 0. The molecule has 0 bridgehead atoms. The number of aliphatic imine (C=N–C) groups is 1. The second-order valence-electron chi connectivity index (χ2n) is 7.79. The first-order valence-electron chi connectivity index (χ1n) is 9.63. The highest BCUT2D eigenvalue weighted by Gasteiger charge is 2.33. The fourth-order valence-electron chi connectivity index (χ4n) is 3.98. The van der Waals surface area contributed by atoms with Gasteiger partial charge in [0.2, 0.25) is 0 Å². The van der Waals surface area contributed by atoms with E-state index in [0.29, 0.717) is 0 Å². The minimum atomic E-state index is 0.249. The van der Waals surface area contributed by atoms with Gasteiger partial charge < -0.3 is 4.90 Å². The Kier molecular flexibility index (Phi) is 4.91. The van der Waals surface area contributed by atoms with Crippen LogP contribution >= 0.6 is 0 Å². The standard InChI is InChI=1S/C25H26N2/c1-25(17-18-27(2)19-25)22-13-15-23(16-14-22)26-24(20-9-5-3-6-10-20)21-11-7-4-8-12-21/h3-16H,17-19H2,1-2H3. The Morgan fingerprint density at radius 2 is 1.37 bits per heavy atom. The quantitative estimate of drug-likeness (QED) is 0.569. The Labute approximate surface area is 162 Å². The molecule has 0 N–H and O–H groups in total. The highest BCUT2D eigenvalue weighted by molar-refractivity contribution is 6.13. The van der Waals surface area contributed by atoms with Gasteiger partial charge in [-0.15, -0.1) is 0 Å². The Morgan fingerprint density at radius 3 is 1.85 bits per heavy atom. The largest absolute Gasteiger partial charge is 0.305 e. The van der Waals surface area contributed by atoms with Gasteiger partial charge in [-0.1, -0.05) is 79.7 Å². The second kappa shape index (κ2) is 7.50. The fourth-order valence-corrected chi connectivity index (χ4v) is 3.98. The van der Waals surface area contributed by atoms with Crippen LogP contribution in [0.2, 0.25) is 0 Å². The molecule has 2 heteroatoms. The van der Waals surface area contributed by atoms with E-state index in [1.165, 1.54) is 18.5 Å². The van der Waals surface area contributed by atoms with Crippen molar-refractivity contribution in [1.29, 1.82) is 0 Å². The SMILES string of the molecule is CN1CCC(C)(c2ccc(N=C(c3ccccc3)c3ccccc3)cc2)C1. The predicted molar refractivity (Wildman–Crippen MR) is 114 cm³/mol. The lowest BCUT2D eigenvalue weighted by atomic mass is 9.82. The molecule has 3 aromatic rings. The Bertz CT molecular complexity index is 872. The highest BCUT2D eigenvalue weighted by atomic mass is 15.1. The monoisotopic (exact) mass is 354 g/mol. The normalized spacial score (nSPS) is 19.8. The molecule has 0 aromatic heterocycles. The van der Waals surface area contributed by atoms with E-state index in [1.807, 2.05) is 12.1 Å². The van der Waals surface area contributed by atoms with E-state index in [2.05, 4.69) is 91.7 Å². The van der Waals surface area contributed by atoms with Gasteiger partial charge in [0, 0.05) is 23.1 Å². The summed E-state index contributed by atoms with van der Waals surface area (Å²) in [5.74, 6) is 0. The van der Waals surface area contributed by atoms with Crippen LogP contribution in [0.25, 0.3) is 0 Å². The van der Waals surface area contributed by atoms with Gasteiger partial charge in [-0.3, -0.25) is 0 Å². The van der Waals surface area contributed by atoms with Crippen LogP contribution in [0.4, 0.5) is 5.69 Å². The van der Waals surface area contributed by atoms with E-state index in [1.54, 1.807) is 0 Å². The number of nitrogens with zero attached hydrogens (tertiary/aromatic N) is 2. The van der Waals surface area contributed by atoms with Crippen molar-refractivity contribution in [2.45, 2.75) is 18.8 Å². The molecule has 0 aliphatic carbocycles. The van der Waals surface area contributed by atoms with E-state index < -0.39 is 0 Å². The molecule has 1 aliphatic rings. The minimum Gasteiger partial charge on any atom is -0.305 e. The van der Waals surface area contributed by atoms with Gasteiger partial charge >= 0.3 is 0 Å². The van der Waals surface area contributed by atoms with Crippen LogP contribution < -0.4 is 0 Å². The molecular weight excluding hydrogens is 328 g/mol. The molecule has 1 atom stereocenters. The van der Waals surface area contributed by atoms with Crippen LogP contribution in [0.1, 0.15) is 30.0 Å². The molecule has 0 saturated carbocycles. The molecule has 0 spiro atoms. The lowest BCUT2D eigenvalue weighted by molar-refractivity contribution is 0.381. The Balaban J connectivity index is 1.69. The van der Waals surface area contributed by atoms with Gasteiger partial charge in [0.25, 0.3) is 0 Å². The number of rotatable bonds is 4. The van der Waals surface area contributed by atoms with Crippen molar-refractivity contribution < 1.29 is 0 Å². The topological polar surface area (TPSA) is 15.6 Å². The maximum absolute atomic E-state index is 5.01. The van der Waals surface area contributed by atoms with Gasteiger partial charge in [0.15, 0.2) is 0 Å². The number of hydrogen-bond donors (Lipinski definition) is 0. The maximum Gasteiger partial charge on any atom is 0.0781 e. The third-order valence-corrected chi connectivity index (χ3v) is 5.56. The molecule has 3 aromatic carbocycles. The molecule has 2 nitrogen and oxygen atoms in total. The summed E-state index contributed by atoms with van der Waals surface area (Å²) in [6.07, 6.45) is 1.21. The lowest BCUT2D eigenvalue weighted by Gasteiger charge is -2.24. The second-order valence-corrected chi connectivity index (χ2v) is 7.79. The van der Waals surface area contributed by atoms with Gasteiger partial charge in [-0.2, -0.15) is 0 Å². The third-order valence-electron chi connectivity index (χ3n) is 5.56. The summed E-state index contributed by atoms with van der Waals surface area (Å²) < 4.78 is 0. The van der Waals surface area contributed by atoms with Crippen LogP contribution in [-0.2, 0) is 5.41 Å². The van der Waals surface area contributed by atoms with Crippen LogP contribution in [0, 0.1) is 0 Å². The lowest BCUT2D eigenvalue weighted by Crippen LogP contribution is -2.25. The first-order valence-corrected chi connectivity index (χ1v) is 9.63. The fraction of sp³-hybridized carbons (Fsp3) is 0.240. The van der Waals surface area contributed by atoms with Gasteiger partial charge in [-0.05, 0) is 37.7 Å². The zero-order valence-corrected chi connectivity index (χ0v) is 16.1. The van der Waals surface area contributed by atoms with Crippen molar-refractivity contribution in [3.63, 3.8) is 0 Å². The molecule has 4 rings (SSSR count). The van der Waals surface area contributed by atoms with E-state index in [0.717, 1.165) is 29.1 Å². The predicted octanol–water partition coefficient (Wildman–Crippen LogP) is 5.45. The molecule has 1 saturated heterocycles. The summed E-state index contributed by atoms with van der Waals surface area (Å²) in [6, 6.07) is 29.6. The van der Waals surface area contributed by atoms with E-state index in [4.69, 9.17) is 4.99 Å². The van der Waals surface area contributed by atoms with Gasteiger partial charge in [0.1, 0.15) is 0 Å². The van der Waals surface area contributed by atoms with E-state index >= 15 is 0 Å². The first kappa shape index (κ1) is 17.7. The molecule has 1 fully saturated rings. The summed E-state index contributed by atoms with van der Waals surface area (Å²) in [4.78, 5) is 7.42. The molecule has 27 heavy (non-hydrogen) atoms.